The van der Waals surface area contributed by atoms with E-state index in [1.54, 1.807) is 0 Å². The molecule has 0 saturated heterocycles. The molecule has 0 fully saturated rings. The van der Waals surface area contributed by atoms with Gasteiger partial charge >= 0.3 is 0 Å². The lowest BCUT2D eigenvalue weighted by atomic mass is 10.1. The van der Waals surface area contributed by atoms with Crippen LogP contribution in [-0.4, -0.2) is 24.5 Å². The molecule has 2 N–H and O–H groups in total. The van der Waals surface area contributed by atoms with E-state index >= 15 is 0 Å². The summed E-state index contributed by atoms with van der Waals surface area (Å²) in [6.45, 7) is 6.86. The average Bonchev–Trinajstić information content (AvgIpc) is 2.43. The minimum Gasteiger partial charge on any atom is -0.355 e. The van der Waals surface area contributed by atoms with Crippen LogP contribution in [0, 0.1) is 0 Å². The van der Waals surface area contributed by atoms with Gasteiger partial charge in [-0.05, 0) is 38.7 Å². The second-order valence-electron chi connectivity index (χ2n) is 5.10. The number of hydrogen-bond donors (Lipinski definition) is 2. The van der Waals surface area contributed by atoms with Gasteiger partial charge in [0.15, 0.2) is 0 Å². The number of benzene rings is 1. The molecule has 2 atom stereocenters. The summed E-state index contributed by atoms with van der Waals surface area (Å²) < 4.78 is 0. The van der Waals surface area contributed by atoms with Crippen molar-refractivity contribution in [2.45, 2.75) is 52.1 Å². The molecule has 0 saturated carbocycles. The predicted molar refractivity (Wildman–Crippen MR) is 80.1 cm³/mol. The van der Waals surface area contributed by atoms with Gasteiger partial charge in [-0.15, -0.1) is 0 Å². The zero-order valence-electron chi connectivity index (χ0n) is 12.3. The van der Waals surface area contributed by atoms with Crippen LogP contribution in [0.15, 0.2) is 30.3 Å². The van der Waals surface area contributed by atoms with Crippen LogP contribution in [0.5, 0.6) is 0 Å². The summed E-state index contributed by atoms with van der Waals surface area (Å²) in [4.78, 5) is 11.7. The molecular weight excluding hydrogens is 236 g/mol. The molecule has 1 aromatic rings. The molecule has 1 aromatic carbocycles. The summed E-state index contributed by atoms with van der Waals surface area (Å²) in [7, 11) is 0. The van der Waals surface area contributed by atoms with Gasteiger partial charge in [-0.25, -0.2) is 0 Å². The second-order valence-corrected chi connectivity index (χ2v) is 5.10. The number of hydrogen-bond acceptors (Lipinski definition) is 2. The first-order valence-electron chi connectivity index (χ1n) is 7.21. The van der Waals surface area contributed by atoms with Gasteiger partial charge in [0, 0.05) is 12.6 Å². The molecule has 1 amide bonds. The highest BCUT2D eigenvalue weighted by molar-refractivity contribution is 5.81. The lowest BCUT2D eigenvalue weighted by molar-refractivity contribution is -0.122. The van der Waals surface area contributed by atoms with Crippen molar-refractivity contribution in [3.8, 4) is 0 Å². The molecular formula is C16H26N2O. The smallest absolute Gasteiger partial charge is 0.236 e. The number of carbonyl (C=O) groups is 1. The minimum absolute atomic E-state index is 0.0911. The average molecular weight is 262 g/mol. The lowest BCUT2D eigenvalue weighted by Gasteiger charge is -2.19. The SMILES string of the molecule is CCCNC(=O)C(C)NC(C)CCc1ccccc1. The van der Waals surface area contributed by atoms with Gasteiger partial charge in [0.1, 0.15) is 0 Å². The molecule has 19 heavy (non-hydrogen) atoms. The quantitative estimate of drug-likeness (QED) is 0.756. The van der Waals surface area contributed by atoms with E-state index in [1.807, 2.05) is 13.0 Å². The molecule has 3 heteroatoms. The Morgan fingerprint density at radius 2 is 1.89 bits per heavy atom. The van der Waals surface area contributed by atoms with Crippen molar-refractivity contribution in [2.24, 2.45) is 0 Å². The first-order chi connectivity index (χ1) is 9.13. The van der Waals surface area contributed by atoms with Crippen LogP contribution in [0.3, 0.4) is 0 Å². The Labute approximate surface area is 116 Å². The molecule has 0 heterocycles. The highest BCUT2D eigenvalue weighted by Crippen LogP contribution is 2.05. The topological polar surface area (TPSA) is 41.1 Å². The van der Waals surface area contributed by atoms with Gasteiger partial charge in [-0.2, -0.15) is 0 Å². The van der Waals surface area contributed by atoms with Crippen LogP contribution >= 0.6 is 0 Å². The molecule has 0 bridgehead atoms. The van der Waals surface area contributed by atoms with Gasteiger partial charge in [-0.1, -0.05) is 37.3 Å². The summed E-state index contributed by atoms with van der Waals surface area (Å²) in [5.41, 5.74) is 1.35. The molecule has 0 radical (unpaired) electrons. The standard InChI is InChI=1S/C16H26N2O/c1-4-12-17-16(19)14(3)18-13(2)10-11-15-8-6-5-7-9-15/h5-9,13-14,18H,4,10-12H2,1-3H3,(H,17,19). The van der Waals surface area contributed by atoms with E-state index in [-0.39, 0.29) is 11.9 Å². The molecule has 0 aliphatic rings. The third kappa shape index (κ3) is 6.39. The van der Waals surface area contributed by atoms with E-state index in [1.165, 1.54) is 5.56 Å². The molecule has 0 aromatic heterocycles. The first kappa shape index (κ1) is 15.7. The molecule has 1 rings (SSSR count). The Balaban J connectivity index is 2.26. The van der Waals surface area contributed by atoms with E-state index in [9.17, 15) is 4.79 Å². The van der Waals surface area contributed by atoms with E-state index in [0.717, 1.165) is 25.8 Å². The largest absolute Gasteiger partial charge is 0.355 e. The van der Waals surface area contributed by atoms with Crippen LogP contribution in [0.4, 0.5) is 0 Å². The summed E-state index contributed by atoms with van der Waals surface area (Å²) in [5, 5.41) is 6.26. The lowest BCUT2D eigenvalue weighted by Crippen LogP contribution is -2.46. The van der Waals surface area contributed by atoms with Crippen molar-refractivity contribution < 1.29 is 4.79 Å². The number of rotatable bonds is 8. The van der Waals surface area contributed by atoms with Crippen LogP contribution in [0.25, 0.3) is 0 Å². The van der Waals surface area contributed by atoms with Crippen molar-refractivity contribution in [1.29, 1.82) is 0 Å². The predicted octanol–water partition coefficient (Wildman–Crippen LogP) is 2.51. The molecule has 0 aliphatic heterocycles. The van der Waals surface area contributed by atoms with Gasteiger partial charge in [0.25, 0.3) is 0 Å². The summed E-state index contributed by atoms with van der Waals surface area (Å²) >= 11 is 0. The number of nitrogens with one attached hydrogen (secondary N) is 2. The van der Waals surface area contributed by atoms with Gasteiger partial charge in [0.2, 0.25) is 5.91 Å². The fourth-order valence-electron chi connectivity index (χ4n) is 2.01. The van der Waals surface area contributed by atoms with Crippen LogP contribution in [0.2, 0.25) is 0 Å². The Hall–Kier alpha value is -1.35. The Morgan fingerprint density at radius 1 is 1.21 bits per heavy atom. The summed E-state index contributed by atoms with van der Waals surface area (Å²) in [6.07, 6.45) is 3.05. The Morgan fingerprint density at radius 3 is 2.53 bits per heavy atom. The fourth-order valence-corrected chi connectivity index (χ4v) is 2.01. The zero-order chi connectivity index (χ0) is 14.1. The molecule has 0 aliphatic carbocycles. The van der Waals surface area contributed by atoms with Crippen molar-refractivity contribution in [1.82, 2.24) is 10.6 Å². The molecule has 106 valence electrons. The maximum atomic E-state index is 11.7. The highest BCUT2D eigenvalue weighted by Gasteiger charge is 2.14. The maximum absolute atomic E-state index is 11.7. The first-order valence-corrected chi connectivity index (χ1v) is 7.21. The van der Waals surface area contributed by atoms with Crippen molar-refractivity contribution in [3.05, 3.63) is 35.9 Å². The minimum atomic E-state index is -0.127. The van der Waals surface area contributed by atoms with Crippen LogP contribution in [-0.2, 0) is 11.2 Å². The highest BCUT2D eigenvalue weighted by atomic mass is 16.2. The molecule has 0 spiro atoms. The van der Waals surface area contributed by atoms with Crippen LogP contribution in [0.1, 0.15) is 39.2 Å². The molecule has 2 unspecified atom stereocenters. The van der Waals surface area contributed by atoms with Crippen molar-refractivity contribution >= 4 is 5.91 Å². The normalized spacial score (nSPS) is 13.8. The Kier molecular flexibility index (Phi) is 7.19. The van der Waals surface area contributed by atoms with E-state index < -0.39 is 0 Å². The number of carbonyl (C=O) groups excluding carboxylic acids is 1. The fraction of sp³-hybridized carbons (Fsp3) is 0.562. The third-order valence-electron chi connectivity index (χ3n) is 3.19. The third-order valence-corrected chi connectivity index (χ3v) is 3.19. The van der Waals surface area contributed by atoms with E-state index in [0.29, 0.717) is 6.04 Å². The van der Waals surface area contributed by atoms with Gasteiger partial charge in [-0.3, -0.25) is 4.79 Å². The number of amides is 1. The van der Waals surface area contributed by atoms with Crippen molar-refractivity contribution in [2.75, 3.05) is 6.54 Å². The van der Waals surface area contributed by atoms with E-state index in [4.69, 9.17) is 0 Å². The Bertz CT molecular complexity index is 364. The van der Waals surface area contributed by atoms with Gasteiger partial charge < -0.3 is 10.6 Å². The van der Waals surface area contributed by atoms with Crippen LogP contribution < -0.4 is 10.6 Å². The summed E-state index contributed by atoms with van der Waals surface area (Å²) in [6, 6.07) is 10.7. The molecule has 3 nitrogen and oxygen atoms in total. The van der Waals surface area contributed by atoms with E-state index in [2.05, 4.69) is 48.7 Å². The second kappa shape index (κ2) is 8.70. The number of aryl methyl sites for hydroxylation is 1. The van der Waals surface area contributed by atoms with Crippen molar-refractivity contribution in [3.63, 3.8) is 0 Å². The monoisotopic (exact) mass is 262 g/mol. The summed E-state index contributed by atoms with van der Waals surface area (Å²) in [5.74, 6) is 0.0911. The van der Waals surface area contributed by atoms with Gasteiger partial charge in [0.05, 0.1) is 6.04 Å². The zero-order valence-corrected chi connectivity index (χ0v) is 12.3. The maximum Gasteiger partial charge on any atom is 0.236 e.